The van der Waals surface area contributed by atoms with Gasteiger partial charge in [0.05, 0.1) is 12.1 Å². The van der Waals surface area contributed by atoms with Crippen LogP contribution in [0.1, 0.15) is 27.7 Å². The zero-order valence-electron chi connectivity index (χ0n) is 10.6. The normalized spacial score (nSPS) is 20.5. The lowest BCUT2D eigenvalue weighted by Gasteiger charge is -2.17. The number of nitrogens with one attached hydrogen (secondary N) is 1. The number of carbonyl (C=O) groups is 1. The Labute approximate surface area is 125 Å². The van der Waals surface area contributed by atoms with Crippen molar-refractivity contribution in [3.05, 3.63) is 63.9 Å². The maximum absolute atomic E-state index is 12.2. The largest absolute Gasteiger partial charge is 0.390 e. The molecule has 20 heavy (non-hydrogen) atoms. The average molecular weight is 333 g/mol. The van der Waals surface area contributed by atoms with Crippen molar-refractivity contribution < 1.29 is 9.90 Å². The maximum atomic E-state index is 12.2. The van der Waals surface area contributed by atoms with Crippen molar-refractivity contribution in [3.8, 4) is 0 Å². The molecule has 4 nitrogen and oxygen atoms in total. The number of aliphatic hydroxyl groups excluding tert-OH is 1. The van der Waals surface area contributed by atoms with Crippen LogP contribution >= 0.6 is 15.9 Å². The Morgan fingerprint density at radius 2 is 2.10 bits per heavy atom. The molecule has 0 spiro atoms. The number of aliphatic hydroxyl groups is 1. The predicted molar refractivity (Wildman–Crippen MR) is 78.3 cm³/mol. The number of carbonyl (C=O) groups excluding carboxylic acids is 1. The first-order valence-corrected chi connectivity index (χ1v) is 7.13. The average Bonchev–Trinajstić information content (AvgIpc) is 2.76. The van der Waals surface area contributed by atoms with Crippen molar-refractivity contribution in [2.24, 2.45) is 0 Å². The molecule has 0 saturated heterocycles. The van der Waals surface area contributed by atoms with Gasteiger partial charge in [0, 0.05) is 17.1 Å². The van der Waals surface area contributed by atoms with Gasteiger partial charge in [-0.05, 0) is 39.2 Å². The summed E-state index contributed by atoms with van der Waals surface area (Å²) in [6.45, 7) is 0. The van der Waals surface area contributed by atoms with Gasteiger partial charge in [0.25, 0.3) is 5.91 Å². The highest BCUT2D eigenvalue weighted by Crippen LogP contribution is 2.31. The van der Waals surface area contributed by atoms with Gasteiger partial charge in [0.15, 0.2) is 0 Å². The lowest BCUT2D eigenvalue weighted by Crippen LogP contribution is -2.34. The molecule has 2 N–H and O–H groups in total. The van der Waals surface area contributed by atoms with Crippen LogP contribution in [0, 0.1) is 0 Å². The van der Waals surface area contributed by atoms with Crippen LogP contribution in [0.2, 0.25) is 0 Å². The molecular formula is C15H13BrN2O2. The van der Waals surface area contributed by atoms with Gasteiger partial charge in [0.2, 0.25) is 0 Å². The summed E-state index contributed by atoms with van der Waals surface area (Å²) >= 11 is 3.28. The minimum atomic E-state index is -0.591. The first-order chi connectivity index (χ1) is 9.65. The second-order valence-electron chi connectivity index (χ2n) is 4.78. The highest BCUT2D eigenvalue weighted by molar-refractivity contribution is 9.10. The second-order valence-corrected chi connectivity index (χ2v) is 5.70. The molecule has 1 aliphatic rings. The smallest absolute Gasteiger partial charge is 0.270 e. The first-order valence-electron chi connectivity index (χ1n) is 6.33. The molecule has 2 atom stereocenters. The van der Waals surface area contributed by atoms with Crippen LogP contribution in [-0.4, -0.2) is 22.1 Å². The first kappa shape index (κ1) is 13.3. The third kappa shape index (κ3) is 2.46. The van der Waals surface area contributed by atoms with Crippen LogP contribution in [0.5, 0.6) is 0 Å². The standard InChI is InChI=1S/C15H13BrN2O2/c16-10-5-6-12(17-8-10)15(20)18-14-11-4-2-1-3-9(11)7-13(14)19/h1-6,8,13-14,19H,7H2,(H,18,20)/t13-,14+/m0/s1. The van der Waals surface area contributed by atoms with Crippen molar-refractivity contribution in [1.29, 1.82) is 0 Å². The zero-order chi connectivity index (χ0) is 14.1. The highest BCUT2D eigenvalue weighted by Gasteiger charge is 2.32. The number of nitrogens with zero attached hydrogens (tertiary/aromatic N) is 1. The van der Waals surface area contributed by atoms with E-state index in [2.05, 4.69) is 26.2 Å². The van der Waals surface area contributed by atoms with Gasteiger partial charge in [-0.2, -0.15) is 0 Å². The van der Waals surface area contributed by atoms with E-state index in [-0.39, 0.29) is 11.9 Å². The third-order valence-corrected chi connectivity index (χ3v) is 3.92. The van der Waals surface area contributed by atoms with E-state index in [1.807, 2.05) is 24.3 Å². The number of halogens is 1. The van der Waals surface area contributed by atoms with Gasteiger partial charge in [-0.15, -0.1) is 0 Å². The van der Waals surface area contributed by atoms with Gasteiger partial charge >= 0.3 is 0 Å². The summed E-state index contributed by atoms with van der Waals surface area (Å²) in [5.41, 5.74) is 2.39. The Morgan fingerprint density at radius 1 is 1.30 bits per heavy atom. The van der Waals surface area contributed by atoms with E-state index in [1.165, 1.54) is 0 Å². The van der Waals surface area contributed by atoms with Crippen molar-refractivity contribution in [2.75, 3.05) is 0 Å². The summed E-state index contributed by atoms with van der Waals surface area (Å²) in [7, 11) is 0. The Morgan fingerprint density at radius 3 is 2.85 bits per heavy atom. The third-order valence-electron chi connectivity index (χ3n) is 3.45. The molecule has 1 aromatic carbocycles. The van der Waals surface area contributed by atoms with Crippen molar-refractivity contribution >= 4 is 21.8 Å². The summed E-state index contributed by atoms with van der Waals surface area (Å²) in [5.74, 6) is -0.279. The SMILES string of the molecule is O=C(N[C@@H]1c2ccccc2C[C@@H]1O)c1ccc(Br)cn1. The molecule has 2 aromatic rings. The predicted octanol–water partition coefficient (Wildman–Crippen LogP) is 2.23. The molecule has 102 valence electrons. The number of fused-ring (bicyclic) bond motifs is 1. The van der Waals surface area contributed by atoms with Gasteiger partial charge in [-0.25, -0.2) is 4.98 Å². The monoisotopic (exact) mass is 332 g/mol. The number of aromatic nitrogens is 1. The Kier molecular flexibility index (Phi) is 3.54. The van der Waals surface area contributed by atoms with E-state index in [1.54, 1.807) is 18.3 Å². The molecular weight excluding hydrogens is 320 g/mol. The lowest BCUT2D eigenvalue weighted by atomic mass is 10.1. The van der Waals surface area contributed by atoms with E-state index in [9.17, 15) is 9.90 Å². The quantitative estimate of drug-likeness (QED) is 0.886. The number of pyridine rings is 1. The summed E-state index contributed by atoms with van der Waals surface area (Å²) in [6.07, 6.45) is 1.55. The maximum Gasteiger partial charge on any atom is 0.270 e. The molecule has 0 fully saturated rings. The van der Waals surface area contributed by atoms with E-state index in [0.29, 0.717) is 12.1 Å². The molecule has 1 aliphatic carbocycles. The molecule has 0 aliphatic heterocycles. The van der Waals surface area contributed by atoms with Gasteiger partial charge < -0.3 is 10.4 Å². The van der Waals surface area contributed by atoms with Gasteiger partial charge in [-0.1, -0.05) is 24.3 Å². The van der Waals surface area contributed by atoms with Crippen molar-refractivity contribution in [2.45, 2.75) is 18.6 Å². The fourth-order valence-corrected chi connectivity index (χ4v) is 2.71. The van der Waals surface area contributed by atoms with Crippen LogP contribution in [-0.2, 0) is 6.42 Å². The molecule has 1 aromatic heterocycles. The minimum absolute atomic E-state index is 0.279. The van der Waals surface area contributed by atoms with E-state index < -0.39 is 6.10 Å². The number of hydrogen-bond acceptors (Lipinski definition) is 3. The fourth-order valence-electron chi connectivity index (χ4n) is 2.47. The topological polar surface area (TPSA) is 62.2 Å². The molecule has 0 radical (unpaired) electrons. The van der Waals surface area contributed by atoms with E-state index >= 15 is 0 Å². The summed E-state index contributed by atoms with van der Waals surface area (Å²) < 4.78 is 0.820. The molecule has 0 bridgehead atoms. The molecule has 3 rings (SSSR count). The Balaban J connectivity index is 1.81. The molecule has 1 amide bonds. The van der Waals surface area contributed by atoms with Crippen LogP contribution in [0.25, 0.3) is 0 Å². The minimum Gasteiger partial charge on any atom is -0.390 e. The second kappa shape index (κ2) is 5.34. The van der Waals surface area contributed by atoms with Crippen molar-refractivity contribution in [1.82, 2.24) is 10.3 Å². The van der Waals surface area contributed by atoms with Crippen LogP contribution in [0.15, 0.2) is 47.1 Å². The summed E-state index contributed by atoms with van der Waals surface area (Å²) in [4.78, 5) is 16.2. The van der Waals surface area contributed by atoms with Gasteiger partial charge in [0.1, 0.15) is 5.69 Å². The fraction of sp³-hybridized carbons (Fsp3) is 0.200. The van der Waals surface area contributed by atoms with Crippen LogP contribution < -0.4 is 5.32 Å². The number of amides is 1. The molecule has 1 heterocycles. The molecule has 5 heteroatoms. The highest BCUT2D eigenvalue weighted by atomic mass is 79.9. The van der Waals surface area contributed by atoms with E-state index in [4.69, 9.17) is 0 Å². The number of rotatable bonds is 2. The Hall–Kier alpha value is -1.72. The summed E-state index contributed by atoms with van der Waals surface area (Å²) in [5, 5.41) is 13.0. The Bertz CT molecular complexity index is 643. The molecule has 0 unspecified atom stereocenters. The van der Waals surface area contributed by atoms with Crippen LogP contribution in [0.4, 0.5) is 0 Å². The summed E-state index contributed by atoms with van der Waals surface area (Å²) in [6, 6.07) is 10.8. The van der Waals surface area contributed by atoms with Crippen molar-refractivity contribution in [3.63, 3.8) is 0 Å². The van der Waals surface area contributed by atoms with Gasteiger partial charge in [-0.3, -0.25) is 4.79 Å². The molecule has 0 saturated carbocycles. The zero-order valence-corrected chi connectivity index (χ0v) is 12.2. The van der Waals surface area contributed by atoms with Crippen LogP contribution in [0.3, 0.4) is 0 Å². The number of hydrogen-bond donors (Lipinski definition) is 2. The number of benzene rings is 1. The lowest BCUT2D eigenvalue weighted by molar-refractivity contribution is 0.0853. The van der Waals surface area contributed by atoms with E-state index in [0.717, 1.165) is 15.6 Å².